The molecule has 4 nitrogen and oxygen atoms in total. The summed E-state index contributed by atoms with van der Waals surface area (Å²) in [7, 11) is 0. The van der Waals surface area contributed by atoms with Gasteiger partial charge in [0.2, 0.25) is 0 Å². The number of aryl methyl sites for hydroxylation is 3. The van der Waals surface area contributed by atoms with Crippen LogP contribution >= 0.6 is 0 Å². The van der Waals surface area contributed by atoms with Gasteiger partial charge < -0.3 is 4.74 Å². The Morgan fingerprint density at radius 2 is 1.63 bits per heavy atom. The van der Waals surface area contributed by atoms with Crippen LogP contribution in [0, 0.1) is 0 Å². The van der Waals surface area contributed by atoms with E-state index in [-0.39, 0.29) is 12.4 Å². The smallest absolute Gasteiger partial charge is 0.339 e. The Bertz CT molecular complexity index is 1150. The van der Waals surface area contributed by atoms with Crippen molar-refractivity contribution >= 4 is 22.7 Å². The number of nitrogens with zero attached hydrogens (tertiary/aromatic N) is 1. The third kappa shape index (κ3) is 3.51. The molecule has 0 unspecified atom stereocenters. The van der Waals surface area contributed by atoms with E-state index in [2.05, 4.69) is 6.07 Å². The molecule has 0 atom stereocenters. The molecule has 0 amide bonds. The summed E-state index contributed by atoms with van der Waals surface area (Å²) >= 11 is 0. The number of benzene rings is 2. The average Bonchev–Trinajstić information content (AvgIpc) is 2.80. The number of rotatable bonds is 4. The Balaban J connectivity index is 1.39. The molecule has 152 valence electrons. The molecule has 3 aromatic rings. The van der Waals surface area contributed by atoms with Crippen LogP contribution in [-0.2, 0) is 30.4 Å². The summed E-state index contributed by atoms with van der Waals surface area (Å²) < 4.78 is 5.55. The number of pyridine rings is 1. The van der Waals surface area contributed by atoms with Crippen molar-refractivity contribution in [2.75, 3.05) is 6.61 Å². The quantitative estimate of drug-likeness (QED) is 0.456. The van der Waals surface area contributed by atoms with Gasteiger partial charge in [0.25, 0.3) is 0 Å². The van der Waals surface area contributed by atoms with Crippen LogP contribution in [0.2, 0.25) is 0 Å². The molecule has 4 heteroatoms. The molecule has 0 spiro atoms. The Kier molecular flexibility index (Phi) is 5.07. The number of aromatic nitrogens is 1. The minimum absolute atomic E-state index is 0.149. The molecule has 1 aromatic heterocycles. The number of ketones is 1. The molecule has 0 aliphatic heterocycles. The number of ether oxygens (including phenoxy) is 1. The second kappa shape index (κ2) is 8.02. The van der Waals surface area contributed by atoms with Crippen molar-refractivity contribution in [1.82, 2.24) is 4.98 Å². The van der Waals surface area contributed by atoms with Gasteiger partial charge in [-0.25, -0.2) is 4.79 Å². The van der Waals surface area contributed by atoms with E-state index in [1.54, 1.807) is 0 Å². The zero-order chi connectivity index (χ0) is 20.5. The van der Waals surface area contributed by atoms with Gasteiger partial charge in [-0.2, -0.15) is 0 Å². The third-order valence-electron chi connectivity index (χ3n) is 6.38. The fourth-order valence-corrected chi connectivity index (χ4v) is 4.80. The first-order valence-corrected chi connectivity index (χ1v) is 10.9. The highest BCUT2D eigenvalue weighted by Crippen LogP contribution is 2.30. The van der Waals surface area contributed by atoms with Crippen molar-refractivity contribution in [2.24, 2.45) is 0 Å². The summed E-state index contributed by atoms with van der Waals surface area (Å²) in [6.45, 7) is -0.233. The summed E-state index contributed by atoms with van der Waals surface area (Å²) in [5.74, 6) is -0.568. The molecule has 2 aliphatic carbocycles. The van der Waals surface area contributed by atoms with E-state index < -0.39 is 5.97 Å². The minimum Gasteiger partial charge on any atom is -0.454 e. The van der Waals surface area contributed by atoms with Crippen LogP contribution in [0.3, 0.4) is 0 Å². The first-order valence-electron chi connectivity index (χ1n) is 10.9. The first-order chi connectivity index (χ1) is 14.7. The fourth-order valence-electron chi connectivity index (χ4n) is 4.80. The Hall–Kier alpha value is -3.01. The molecule has 2 aromatic carbocycles. The predicted molar refractivity (Wildman–Crippen MR) is 116 cm³/mol. The van der Waals surface area contributed by atoms with Crippen LogP contribution < -0.4 is 0 Å². The van der Waals surface area contributed by atoms with E-state index in [9.17, 15) is 9.59 Å². The normalized spacial score (nSPS) is 15.3. The van der Waals surface area contributed by atoms with Crippen molar-refractivity contribution in [1.29, 1.82) is 0 Å². The lowest BCUT2D eigenvalue weighted by Gasteiger charge is -2.20. The van der Waals surface area contributed by atoms with Gasteiger partial charge in [0.1, 0.15) is 0 Å². The molecule has 0 radical (unpaired) electrons. The molecule has 0 bridgehead atoms. The van der Waals surface area contributed by atoms with E-state index in [1.807, 2.05) is 36.4 Å². The van der Waals surface area contributed by atoms with E-state index in [1.165, 1.54) is 24.0 Å². The average molecular weight is 399 g/mol. The minimum atomic E-state index is -0.418. The van der Waals surface area contributed by atoms with E-state index in [4.69, 9.17) is 9.72 Å². The van der Waals surface area contributed by atoms with E-state index >= 15 is 0 Å². The number of Topliss-reactive ketones (excluding diaryl/α,β-unsaturated/α-hetero) is 1. The second-order valence-electron chi connectivity index (χ2n) is 8.33. The van der Waals surface area contributed by atoms with Crippen molar-refractivity contribution in [3.8, 4) is 0 Å². The van der Waals surface area contributed by atoms with E-state index in [0.29, 0.717) is 11.1 Å². The zero-order valence-electron chi connectivity index (χ0n) is 17.1. The number of hydrogen-bond donors (Lipinski definition) is 0. The fraction of sp³-hybridized carbons (Fsp3) is 0.346. The molecule has 0 fully saturated rings. The number of para-hydroxylation sites is 1. The molecular formula is C26H25NO3. The number of fused-ring (bicyclic) bond motifs is 3. The van der Waals surface area contributed by atoms with Crippen molar-refractivity contribution in [2.45, 2.75) is 51.4 Å². The molecule has 0 N–H and O–H groups in total. The molecule has 0 saturated carbocycles. The number of carbonyl (C=O) groups excluding carboxylic acids is 2. The largest absolute Gasteiger partial charge is 0.454 e. The SMILES string of the molecule is O=C(COC(=O)c1c2c(nc3ccccc13)CCCC2)c1ccc2c(c1)CCCC2. The van der Waals surface area contributed by atoms with Crippen LogP contribution in [0.15, 0.2) is 42.5 Å². The van der Waals surface area contributed by atoms with Crippen LogP contribution in [0.1, 0.15) is 68.8 Å². The van der Waals surface area contributed by atoms with Crippen LogP contribution in [0.25, 0.3) is 10.9 Å². The highest BCUT2D eigenvalue weighted by molar-refractivity contribution is 6.06. The zero-order valence-corrected chi connectivity index (χ0v) is 17.1. The number of esters is 1. The molecule has 0 saturated heterocycles. The second-order valence-corrected chi connectivity index (χ2v) is 8.33. The third-order valence-corrected chi connectivity index (χ3v) is 6.38. The standard InChI is InChI=1S/C26H25NO3/c28-24(19-14-13-17-7-1-2-8-18(17)15-19)16-30-26(29)25-20-9-3-5-11-22(20)27-23-12-6-4-10-21(23)25/h3,5,9,11,13-15H,1-2,4,6-8,10,12,16H2. The van der Waals surface area contributed by atoms with Gasteiger partial charge >= 0.3 is 5.97 Å². The van der Waals surface area contributed by atoms with Gasteiger partial charge in [0.15, 0.2) is 12.4 Å². The summed E-state index contributed by atoms with van der Waals surface area (Å²) in [5, 5.41) is 0.810. The number of hydrogen-bond acceptors (Lipinski definition) is 4. The summed E-state index contributed by atoms with van der Waals surface area (Å²) in [6.07, 6.45) is 8.32. The lowest BCUT2D eigenvalue weighted by molar-refractivity contribution is 0.0475. The van der Waals surface area contributed by atoms with Crippen molar-refractivity contribution in [3.05, 3.63) is 76.0 Å². The predicted octanol–water partition coefficient (Wildman–Crippen LogP) is 5.03. The van der Waals surface area contributed by atoms with Gasteiger partial charge in [-0.3, -0.25) is 9.78 Å². The van der Waals surface area contributed by atoms with Gasteiger partial charge in [0, 0.05) is 16.6 Å². The lowest BCUT2D eigenvalue weighted by atomic mass is 9.89. The molecule has 1 heterocycles. The summed E-state index contributed by atoms with van der Waals surface area (Å²) in [4.78, 5) is 30.6. The summed E-state index contributed by atoms with van der Waals surface area (Å²) in [6, 6.07) is 13.6. The van der Waals surface area contributed by atoms with Crippen LogP contribution in [-0.4, -0.2) is 23.3 Å². The van der Waals surface area contributed by atoms with Gasteiger partial charge in [-0.05, 0) is 80.2 Å². The highest BCUT2D eigenvalue weighted by Gasteiger charge is 2.24. The van der Waals surface area contributed by atoms with Gasteiger partial charge in [0.05, 0.1) is 11.1 Å². The first kappa shape index (κ1) is 19.0. The molecular weight excluding hydrogens is 374 g/mol. The molecule has 2 aliphatic rings. The lowest BCUT2D eigenvalue weighted by Crippen LogP contribution is -2.19. The van der Waals surface area contributed by atoms with Gasteiger partial charge in [-0.15, -0.1) is 0 Å². The van der Waals surface area contributed by atoms with Crippen LogP contribution in [0.5, 0.6) is 0 Å². The van der Waals surface area contributed by atoms with Crippen molar-refractivity contribution in [3.63, 3.8) is 0 Å². The molecule has 5 rings (SSSR count). The topological polar surface area (TPSA) is 56.3 Å². The molecule has 30 heavy (non-hydrogen) atoms. The monoisotopic (exact) mass is 399 g/mol. The van der Waals surface area contributed by atoms with Crippen molar-refractivity contribution < 1.29 is 14.3 Å². The highest BCUT2D eigenvalue weighted by atomic mass is 16.5. The Morgan fingerprint density at radius 1 is 0.867 bits per heavy atom. The number of carbonyl (C=O) groups is 2. The Morgan fingerprint density at radius 3 is 2.53 bits per heavy atom. The van der Waals surface area contributed by atoms with Crippen LogP contribution in [0.4, 0.5) is 0 Å². The summed E-state index contributed by atoms with van der Waals surface area (Å²) in [5.41, 5.74) is 6.61. The van der Waals surface area contributed by atoms with Gasteiger partial charge in [-0.1, -0.05) is 30.3 Å². The van der Waals surface area contributed by atoms with E-state index in [0.717, 1.165) is 60.7 Å². The Labute approximate surface area is 176 Å². The maximum absolute atomic E-state index is 13.1. The maximum Gasteiger partial charge on any atom is 0.339 e. The maximum atomic E-state index is 13.1.